The first-order valence-electron chi connectivity index (χ1n) is 5.62. The maximum absolute atomic E-state index is 10.9. The molecule has 98 valence electrons. The summed E-state index contributed by atoms with van der Waals surface area (Å²) in [5, 5.41) is 8.95. The van der Waals surface area contributed by atoms with Crippen LogP contribution in [0.4, 0.5) is 0 Å². The van der Waals surface area contributed by atoms with E-state index >= 15 is 0 Å². The highest BCUT2D eigenvalue weighted by Crippen LogP contribution is 2.24. The van der Waals surface area contributed by atoms with Gasteiger partial charge < -0.3 is 9.84 Å². The van der Waals surface area contributed by atoms with Crippen LogP contribution in [0.3, 0.4) is 0 Å². The second-order valence-corrected chi connectivity index (χ2v) is 4.96. The molecule has 0 aliphatic rings. The average molecular weight is 322 g/mol. The molecule has 0 saturated carbocycles. The maximum atomic E-state index is 10.9. The van der Waals surface area contributed by atoms with Crippen LogP contribution in [-0.4, -0.2) is 16.1 Å². The van der Waals surface area contributed by atoms with Gasteiger partial charge in [0.2, 0.25) is 5.88 Å². The van der Waals surface area contributed by atoms with Crippen LogP contribution >= 0.6 is 15.9 Å². The molecule has 0 atom stereocenters. The van der Waals surface area contributed by atoms with Crippen molar-refractivity contribution < 1.29 is 14.6 Å². The van der Waals surface area contributed by atoms with Gasteiger partial charge in [0.05, 0.1) is 11.3 Å². The van der Waals surface area contributed by atoms with Crippen molar-refractivity contribution in [2.75, 3.05) is 0 Å². The molecule has 1 aromatic heterocycles. The van der Waals surface area contributed by atoms with Gasteiger partial charge in [-0.15, -0.1) is 0 Å². The third kappa shape index (κ3) is 3.12. The number of carbonyl (C=O) groups is 1. The molecular formula is C14H12BrNO3. The summed E-state index contributed by atoms with van der Waals surface area (Å²) in [4.78, 5) is 15.2. The van der Waals surface area contributed by atoms with E-state index in [4.69, 9.17) is 9.84 Å². The average Bonchev–Trinajstić information content (AvgIpc) is 2.33. The van der Waals surface area contributed by atoms with Crippen LogP contribution in [0.2, 0.25) is 0 Å². The lowest BCUT2D eigenvalue weighted by molar-refractivity contribution is 0.0696. The number of carboxylic acid groups (broad SMARTS) is 1. The Bertz CT molecular complexity index is 641. The molecule has 1 N–H and O–H groups in total. The summed E-state index contributed by atoms with van der Waals surface area (Å²) in [5.74, 6) is 0.0987. The van der Waals surface area contributed by atoms with Crippen LogP contribution < -0.4 is 4.74 Å². The minimum atomic E-state index is -0.943. The number of pyridine rings is 1. The lowest BCUT2D eigenvalue weighted by Crippen LogP contribution is -1.99. The summed E-state index contributed by atoms with van der Waals surface area (Å²) in [6.45, 7) is 3.60. The predicted octanol–water partition coefficient (Wildman–Crippen LogP) is 3.95. The molecule has 0 saturated heterocycles. The Hall–Kier alpha value is -1.88. The molecule has 0 radical (unpaired) electrons. The van der Waals surface area contributed by atoms with Gasteiger partial charge in [0.25, 0.3) is 0 Å². The second-order valence-electron chi connectivity index (χ2n) is 4.10. The monoisotopic (exact) mass is 321 g/mol. The molecule has 19 heavy (non-hydrogen) atoms. The Kier molecular flexibility index (Phi) is 3.85. The molecule has 2 aromatic rings. The summed E-state index contributed by atoms with van der Waals surface area (Å²) in [6.07, 6.45) is 0. The number of hydrogen-bond acceptors (Lipinski definition) is 3. The van der Waals surface area contributed by atoms with Crippen molar-refractivity contribution in [2.45, 2.75) is 13.8 Å². The van der Waals surface area contributed by atoms with Gasteiger partial charge in [-0.05, 0) is 59.6 Å². The minimum absolute atomic E-state index is 0.271. The molecular weight excluding hydrogens is 310 g/mol. The van der Waals surface area contributed by atoms with E-state index in [1.807, 2.05) is 13.0 Å². The Morgan fingerprint density at radius 3 is 2.58 bits per heavy atom. The van der Waals surface area contributed by atoms with E-state index < -0.39 is 5.97 Å². The molecule has 0 bridgehead atoms. The van der Waals surface area contributed by atoms with E-state index in [1.54, 1.807) is 25.1 Å². The van der Waals surface area contributed by atoms with Crippen molar-refractivity contribution in [3.05, 3.63) is 51.6 Å². The van der Waals surface area contributed by atoms with Crippen molar-refractivity contribution >= 4 is 21.9 Å². The van der Waals surface area contributed by atoms with Gasteiger partial charge in [0, 0.05) is 10.5 Å². The van der Waals surface area contributed by atoms with Crippen LogP contribution in [0.5, 0.6) is 11.6 Å². The van der Waals surface area contributed by atoms with Gasteiger partial charge in [0.1, 0.15) is 5.75 Å². The summed E-state index contributed by atoms with van der Waals surface area (Å²) in [6, 6.07) is 8.43. The largest absolute Gasteiger partial charge is 0.478 e. The Morgan fingerprint density at radius 2 is 2.00 bits per heavy atom. The number of rotatable bonds is 3. The first kappa shape index (κ1) is 13.5. The third-order valence-corrected chi connectivity index (χ3v) is 3.48. The molecule has 1 heterocycles. The van der Waals surface area contributed by atoms with Crippen LogP contribution in [0.25, 0.3) is 0 Å². The molecule has 0 fully saturated rings. The van der Waals surface area contributed by atoms with Gasteiger partial charge in [-0.1, -0.05) is 0 Å². The smallest absolute Gasteiger partial charge is 0.335 e. The van der Waals surface area contributed by atoms with E-state index in [9.17, 15) is 4.79 Å². The van der Waals surface area contributed by atoms with E-state index in [2.05, 4.69) is 20.9 Å². The van der Waals surface area contributed by atoms with E-state index in [0.29, 0.717) is 17.2 Å². The van der Waals surface area contributed by atoms with E-state index in [1.165, 1.54) is 6.07 Å². The highest BCUT2D eigenvalue weighted by molar-refractivity contribution is 9.10. The molecule has 0 aliphatic heterocycles. The summed E-state index contributed by atoms with van der Waals surface area (Å²) in [7, 11) is 0. The Morgan fingerprint density at radius 1 is 1.26 bits per heavy atom. The normalized spacial score (nSPS) is 10.3. The fourth-order valence-corrected chi connectivity index (χ4v) is 1.86. The number of aromatic nitrogens is 1. The third-order valence-electron chi connectivity index (χ3n) is 2.65. The quantitative estimate of drug-likeness (QED) is 0.929. The lowest BCUT2D eigenvalue weighted by Gasteiger charge is -2.08. The van der Waals surface area contributed by atoms with Crippen LogP contribution in [0, 0.1) is 13.8 Å². The van der Waals surface area contributed by atoms with Gasteiger partial charge in [-0.25, -0.2) is 9.78 Å². The van der Waals surface area contributed by atoms with Crippen molar-refractivity contribution in [1.82, 2.24) is 4.98 Å². The van der Waals surface area contributed by atoms with Crippen LogP contribution in [0.15, 0.2) is 34.8 Å². The number of halogens is 1. The zero-order valence-corrected chi connectivity index (χ0v) is 12.1. The number of benzene rings is 1. The van der Waals surface area contributed by atoms with Gasteiger partial charge in [-0.2, -0.15) is 0 Å². The molecule has 0 amide bonds. The fourth-order valence-electron chi connectivity index (χ4n) is 1.64. The number of aryl methyl sites for hydroxylation is 2. The number of aromatic carboxylic acids is 1. The second kappa shape index (κ2) is 5.40. The highest BCUT2D eigenvalue weighted by Gasteiger charge is 2.08. The van der Waals surface area contributed by atoms with E-state index in [-0.39, 0.29) is 5.56 Å². The molecule has 2 rings (SSSR count). The van der Waals surface area contributed by atoms with Gasteiger partial charge in [-0.3, -0.25) is 0 Å². The number of carboxylic acids is 1. The zero-order valence-electron chi connectivity index (χ0n) is 10.5. The Balaban J connectivity index is 2.26. The van der Waals surface area contributed by atoms with E-state index in [0.717, 1.165) is 10.2 Å². The number of ether oxygens (including phenoxy) is 1. The topological polar surface area (TPSA) is 59.4 Å². The van der Waals surface area contributed by atoms with Crippen molar-refractivity contribution in [2.24, 2.45) is 0 Å². The molecule has 0 aliphatic carbocycles. The SMILES string of the molecule is Cc1cc(Oc2ccc(Br)c(C)n2)ccc1C(=O)O. The van der Waals surface area contributed by atoms with Crippen molar-refractivity contribution in [3.63, 3.8) is 0 Å². The molecule has 0 spiro atoms. The molecule has 5 heteroatoms. The first-order chi connectivity index (χ1) is 8.97. The zero-order chi connectivity index (χ0) is 14.0. The summed E-state index contributed by atoms with van der Waals surface area (Å²) >= 11 is 3.37. The van der Waals surface area contributed by atoms with Crippen molar-refractivity contribution in [1.29, 1.82) is 0 Å². The number of nitrogens with zero attached hydrogens (tertiary/aromatic N) is 1. The maximum Gasteiger partial charge on any atom is 0.335 e. The summed E-state index contributed by atoms with van der Waals surface area (Å²) in [5.41, 5.74) is 1.75. The number of hydrogen-bond donors (Lipinski definition) is 1. The summed E-state index contributed by atoms with van der Waals surface area (Å²) < 4.78 is 6.52. The standard InChI is InChI=1S/C14H12BrNO3/c1-8-7-10(3-4-11(8)14(17)18)19-13-6-5-12(15)9(2)16-13/h3-7H,1-2H3,(H,17,18). The minimum Gasteiger partial charge on any atom is -0.478 e. The molecule has 1 aromatic carbocycles. The van der Waals surface area contributed by atoms with Crippen molar-refractivity contribution in [3.8, 4) is 11.6 Å². The Labute approximate surface area is 119 Å². The van der Waals surface area contributed by atoms with Gasteiger partial charge in [0.15, 0.2) is 0 Å². The van der Waals surface area contributed by atoms with Crippen LogP contribution in [0.1, 0.15) is 21.6 Å². The highest BCUT2D eigenvalue weighted by atomic mass is 79.9. The van der Waals surface area contributed by atoms with Gasteiger partial charge >= 0.3 is 5.97 Å². The molecule has 4 nitrogen and oxygen atoms in total. The lowest BCUT2D eigenvalue weighted by atomic mass is 10.1. The predicted molar refractivity (Wildman–Crippen MR) is 74.9 cm³/mol. The van der Waals surface area contributed by atoms with Crippen LogP contribution in [-0.2, 0) is 0 Å². The first-order valence-corrected chi connectivity index (χ1v) is 6.41. The fraction of sp³-hybridized carbons (Fsp3) is 0.143. The molecule has 0 unspecified atom stereocenters.